The Morgan fingerprint density at radius 1 is 1.33 bits per heavy atom. The summed E-state index contributed by atoms with van der Waals surface area (Å²) in [4.78, 5) is 11.8. The second kappa shape index (κ2) is 4.00. The fourth-order valence-electron chi connectivity index (χ4n) is 1.60. The van der Waals surface area contributed by atoms with Crippen molar-refractivity contribution in [3.63, 3.8) is 0 Å². The van der Waals surface area contributed by atoms with Crippen molar-refractivity contribution in [2.75, 3.05) is 31.6 Å². The van der Waals surface area contributed by atoms with Crippen molar-refractivity contribution in [3.8, 4) is 0 Å². The van der Waals surface area contributed by atoms with Crippen LogP contribution in [0.2, 0.25) is 0 Å². The molecule has 1 aromatic rings. The Balaban J connectivity index is 1.99. The van der Waals surface area contributed by atoms with E-state index in [0.29, 0.717) is 11.0 Å². The van der Waals surface area contributed by atoms with Gasteiger partial charge in [-0.25, -0.2) is 9.28 Å². The fraction of sp³-hybridized carbons (Fsp3) is 0.364. The molecule has 0 spiro atoms. The van der Waals surface area contributed by atoms with E-state index in [0.717, 1.165) is 18.8 Å². The summed E-state index contributed by atoms with van der Waals surface area (Å²) >= 11 is 0. The highest BCUT2D eigenvalue weighted by Crippen LogP contribution is 2.22. The third kappa shape index (κ3) is 2.16. The average molecular weight is 207 g/mol. The van der Waals surface area contributed by atoms with E-state index in [2.05, 4.69) is 5.32 Å². The van der Waals surface area contributed by atoms with Crippen molar-refractivity contribution >= 4 is 11.7 Å². The van der Waals surface area contributed by atoms with Crippen LogP contribution < -0.4 is 5.32 Å². The molecule has 2 rings (SSSR count). The third-order valence-corrected chi connectivity index (χ3v) is 2.75. The first kappa shape index (κ1) is 10.1. The van der Waals surface area contributed by atoms with Gasteiger partial charge in [0.2, 0.25) is 0 Å². The van der Waals surface area contributed by atoms with Gasteiger partial charge in [-0.15, -0.1) is 0 Å². The molecule has 80 valence electrons. The van der Waals surface area contributed by atoms with Crippen LogP contribution in [0.4, 0.5) is 10.5 Å². The van der Waals surface area contributed by atoms with Gasteiger partial charge in [0.1, 0.15) is 19.6 Å². The number of benzene rings is 1. The lowest BCUT2D eigenvalue weighted by molar-refractivity contribution is -0.710. The van der Waals surface area contributed by atoms with Crippen LogP contribution in [0.5, 0.6) is 0 Å². The Morgan fingerprint density at radius 3 is 2.53 bits per heavy atom. The summed E-state index contributed by atoms with van der Waals surface area (Å²) in [5, 5.41) is 11.7. The van der Waals surface area contributed by atoms with E-state index >= 15 is 0 Å². The van der Waals surface area contributed by atoms with Crippen LogP contribution in [0.15, 0.2) is 30.3 Å². The van der Waals surface area contributed by atoms with Crippen molar-refractivity contribution in [2.45, 2.75) is 0 Å². The first-order chi connectivity index (χ1) is 7.27. The Hall–Kier alpha value is -1.39. The van der Waals surface area contributed by atoms with E-state index in [1.54, 1.807) is 0 Å². The summed E-state index contributed by atoms with van der Waals surface area (Å²) in [6.07, 6.45) is 0. The molecule has 1 heterocycles. The minimum Gasteiger partial charge on any atom is -0.390 e. The first-order valence-electron chi connectivity index (χ1n) is 5.10. The summed E-state index contributed by atoms with van der Waals surface area (Å²) in [6, 6.07) is 9.37. The molecule has 0 radical (unpaired) electrons. The molecular formula is C11H15N2O2+. The number of amides is 2. The second-order valence-electron chi connectivity index (χ2n) is 3.84. The second-order valence-corrected chi connectivity index (χ2v) is 3.84. The van der Waals surface area contributed by atoms with Gasteiger partial charge in [0.05, 0.1) is 6.61 Å². The fourth-order valence-corrected chi connectivity index (χ4v) is 1.60. The maximum Gasteiger partial charge on any atom is 0.421 e. The molecular weight excluding hydrogens is 192 g/mol. The van der Waals surface area contributed by atoms with Crippen molar-refractivity contribution in [1.29, 1.82) is 0 Å². The number of aliphatic hydroxyl groups excluding tert-OH is 1. The maximum atomic E-state index is 11.8. The van der Waals surface area contributed by atoms with Gasteiger partial charge in [0.15, 0.2) is 0 Å². The van der Waals surface area contributed by atoms with E-state index in [1.165, 1.54) is 0 Å². The SMILES string of the molecule is O=C(Nc1ccccc1)[N+]1(CCO)CC1. The van der Waals surface area contributed by atoms with Gasteiger partial charge < -0.3 is 5.11 Å². The largest absolute Gasteiger partial charge is 0.421 e. The molecule has 0 saturated carbocycles. The minimum atomic E-state index is -0.0183. The molecule has 1 aliphatic rings. The van der Waals surface area contributed by atoms with E-state index in [1.807, 2.05) is 30.3 Å². The summed E-state index contributed by atoms with van der Waals surface area (Å²) in [5.41, 5.74) is 0.810. The minimum absolute atomic E-state index is 0.0183. The molecule has 0 bridgehead atoms. The number of carbonyl (C=O) groups excluding carboxylic acids is 1. The van der Waals surface area contributed by atoms with Crippen molar-refractivity contribution < 1.29 is 14.4 Å². The normalized spacial score (nSPS) is 17.1. The predicted molar refractivity (Wildman–Crippen MR) is 57.4 cm³/mol. The maximum absolute atomic E-state index is 11.8. The number of nitrogens with zero attached hydrogens (tertiary/aromatic N) is 1. The molecule has 0 aliphatic carbocycles. The first-order valence-corrected chi connectivity index (χ1v) is 5.10. The Labute approximate surface area is 88.7 Å². The molecule has 0 atom stereocenters. The molecule has 1 saturated heterocycles. The van der Waals surface area contributed by atoms with Gasteiger partial charge in [0, 0.05) is 5.69 Å². The van der Waals surface area contributed by atoms with Crippen LogP contribution in [0.25, 0.3) is 0 Å². The smallest absolute Gasteiger partial charge is 0.390 e. The Bertz CT molecular complexity index is 347. The topological polar surface area (TPSA) is 49.3 Å². The van der Waals surface area contributed by atoms with Crippen LogP contribution in [-0.4, -0.2) is 41.9 Å². The standard InChI is InChI=1S/C11H14N2O2/c14-9-8-13(6-7-13)11(15)12-10-4-2-1-3-5-10/h1-5,14H,6-9H2/p+1. The van der Waals surface area contributed by atoms with Gasteiger partial charge in [-0.1, -0.05) is 18.2 Å². The van der Waals surface area contributed by atoms with Crippen LogP contribution in [0.3, 0.4) is 0 Å². The lowest BCUT2D eigenvalue weighted by Gasteiger charge is -2.14. The van der Waals surface area contributed by atoms with Gasteiger partial charge >= 0.3 is 6.03 Å². The van der Waals surface area contributed by atoms with Gasteiger partial charge in [-0.3, -0.25) is 5.32 Å². The van der Waals surface area contributed by atoms with Crippen molar-refractivity contribution in [2.24, 2.45) is 0 Å². The van der Waals surface area contributed by atoms with Gasteiger partial charge in [-0.05, 0) is 12.1 Å². The lowest BCUT2D eigenvalue weighted by atomic mass is 10.3. The van der Waals surface area contributed by atoms with Crippen LogP contribution in [0, 0.1) is 0 Å². The number of quaternary nitrogens is 1. The van der Waals surface area contributed by atoms with Crippen molar-refractivity contribution in [3.05, 3.63) is 30.3 Å². The molecule has 1 aromatic carbocycles. The molecule has 1 aliphatic heterocycles. The van der Waals surface area contributed by atoms with Gasteiger partial charge in [0.25, 0.3) is 0 Å². The van der Waals surface area contributed by atoms with E-state index in [9.17, 15) is 4.79 Å². The number of nitrogens with one attached hydrogen (secondary N) is 1. The van der Waals surface area contributed by atoms with E-state index < -0.39 is 0 Å². The van der Waals surface area contributed by atoms with Crippen LogP contribution in [0.1, 0.15) is 0 Å². The van der Waals surface area contributed by atoms with Gasteiger partial charge in [-0.2, -0.15) is 0 Å². The molecule has 0 aromatic heterocycles. The van der Waals surface area contributed by atoms with E-state index in [4.69, 9.17) is 5.11 Å². The summed E-state index contributed by atoms with van der Waals surface area (Å²) in [6.45, 7) is 2.24. The lowest BCUT2D eigenvalue weighted by Crippen LogP contribution is -2.39. The average Bonchev–Trinajstić information content (AvgIpc) is 3.01. The van der Waals surface area contributed by atoms with Crippen molar-refractivity contribution in [1.82, 2.24) is 0 Å². The third-order valence-electron chi connectivity index (χ3n) is 2.75. The number of para-hydroxylation sites is 1. The number of aliphatic hydroxyl groups is 1. The summed E-state index contributed by atoms with van der Waals surface area (Å²) in [7, 11) is 0. The highest BCUT2D eigenvalue weighted by molar-refractivity contribution is 5.84. The zero-order valence-corrected chi connectivity index (χ0v) is 8.52. The molecule has 2 amide bonds. The number of anilines is 1. The zero-order chi connectivity index (χ0) is 10.7. The number of hydrogen-bond acceptors (Lipinski definition) is 2. The molecule has 0 unspecified atom stereocenters. The van der Waals surface area contributed by atoms with Crippen LogP contribution in [-0.2, 0) is 0 Å². The van der Waals surface area contributed by atoms with Crippen LogP contribution >= 0.6 is 0 Å². The number of carbonyl (C=O) groups is 1. The number of urea groups is 1. The highest BCUT2D eigenvalue weighted by atomic mass is 16.3. The summed E-state index contributed by atoms with van der Waals surface area (Å²) in [5.74, 6) is 0. The monoisotopic (exact) mass is 207 g/mol. The zero-order valence-electron chi connectivity index (χ0n) is 8.52. The predicted octanol–water partition coefficient (Wildman–Crippen LogP) is 1.04. The number of rotatable bonds is 3. The molecule has 4 heteroatoms. The highest BCUT2D eigenvalue weighted by Gasteiger charge is 2.49. The quantitative estimate of drug-likeness (QED) is 0.574. The Kier molecular flexibility index (Phi) is 2.70. The Morgan fingerprint density at radius 2 is 2.00 bits per heavy atom. The molecule has 2 N–H and O–H groups in total. The molecule has 15 heavy (non-hydrogen) atoms. The molecule has 1 fully saturated rings. The molecule has 4 nitrogen and oxygen atoms in total. The summed E-state index contributed by atoms with van der Waals surface area (Å²) < 4.78 is 0.366. The van der Waals surface area contributed by atoms with E-state index in [-0.39, 0.29) is 12.6 Å². The number of hydrogen-bond donors (Lipinski definition) is 2.